The lowest BCUT2D eigenvalue weighted by Crippen LogP contribution is -2.51. The van der Waals surface area contributed by atoms with Crippen molar-refractivity contribution in [2.24, 2.45) is 5.92 Å². The molecule has 2 aliphatic heterocycles. The number of hydrogen-bond donors (Lipinski definition) is 2. The third-order valence-corrected chi connectivity index (χ3v) is 8.49. The normalized spacial score (nSPS) is 17.6. The van der Waals surface area contributed by atoms with Crippen LogP contribution in [-0.2, 0) is 21.3 Å². The molecule has 0 aliphatic carbocycles. The maximum absolute atomic E-state index is 11.5. The van der Waals surface area contributed by atoms with E-state index in [1.165, 1.54) is 11.8 Å². The summed E-state index contributed by atoms with van der Waals surface area (Å²) in [6.45, 7) is 7.81. The topological polar surface area (TPSA) is 127 Å². The van der Waals surface area contributed by atoms with Crippen LogP contribution in [0.5, 0.6) is 0 Å². The molecule has 216 valence electrons. The summed E-state index contributed by atoms with van der Waals surface area (Å²) in [5.74, 6) is 2.34. The standard InChI is InChI=1S/C28H33ClN8O3S/c1-17(2)20-4-5-24(36-13-18(14-36)11-32-41(3,38)39)22-12-31-26(10-21(20)22)33-25-6-8-30-28(34-25)23-16-37(35-27(23)29)15-19-7-9-40-19/h4-6,8,10,12,16-19,32H,7,9,11,13-15H2,1-3H3,(H,30,31,33,34)/t19-/m0/s1. The van der Waals surface area contributed by atoms with Crippen LogP contribution >= 0.6 is 11.6 Å². The smallest absolute Gasteiger partial charge is 0.208 e. The summed E-state index contributed by atoms with van der Waals surface area (Å²) < 4.78 is 32.8. The molecule has 2 N–H and O–H groups in total. The number of anilines is 3. The highest BCUT2D eigenvalue weighted by molar-refractivity contribution is 7.88. The summed E-state index contributed by atoms with van der Waals surface area (Å²) in [6, 6.07) is 8.16. The number of rotatable bonds is 10. The number of aromatic nitrogens is 5. The molecular weight excluding hydrogens is 564 g/mol. The number of hydrogen-bond acceptors (Lipinski definition) is 9. The highest BCUT2D eigenvalue weighted by Crippen LogP contribution is 2.37. The number of halogens is 1. The Morgan fingerprint density at radius 2 is 1.95 bits per heavy atom. The van der Waals surface area contributed by atoms with Gasteiger partial charge in [0.15, 0.2) is 11.0 Å². The van der Waals surface area contributed by atoms with Gasteiger partial charge < -0.3 is 15.0 Å². The molecule has 0 unspecified atom stereocenters. The van der Waals surface area contributed by atoms with Crippen molar-refractivity contribution in [3.8, 4) is 11.4 Å². The van der Waals surface area contributed by atoms with Crippen LogP contribution in [0.3, 0.4) is 0 Å². The molecule has 2 fully saturated rings. The molecule has 1 atom stereocenters. The first kappa shape index (κ1) is 27.8. The molecule has 2 saturated heterocycles. The predicted octanol–water partition coefficient (Wildman–Crippen LogP) is 4.18. The first-order chi connectivity index (χ1) is 19.6. The molecule has 0 amide bonds. The molecule has 0 spiro atoms. The van der Waals surface area contributed by atoms with Gasteiger partial charge in [-0.1, -0.05) is 31.5 Å². The Bertz CT molecular complexity index is 1680. The Balaban J connectivity index is 1.22. The number of nitrogens with one attached hydrogen (secondary N) is 2. The summed E-state index contributed by atoms with van der Waals surface area (Å²) in [5, 5.41) is 10.3. The third-order valence-electron chi connectivity index (χ3n) is 7.52. The monoisotopic (exact) mass is 596 g/mol. The molecule has 0 bridgehead atoms. The van der Waals surface area contributed by atoms with Crippen molar-refractivity contribution in [2.45, 2.75) is 38.8 Å². The Morgan fingerprint density at radius 3 is 2.66 bits per heavy atom. The minimum absolute atomic E-state index is 0.169. The van der Waals surface area contributed by atoms with Crippen LogP contribution in [0.1, 0.15) is 31.7 Å². The highest BCUT2D eigenvalue weighted by atomic mass is 35.5. The lowest BCUT2D eigenvalue weighted by atomic mass is 9.93. The summed E-state index contributed by atoms with van der Waals surface area (Å²) in [4.78, 5) is 16.1. The second-order valence-corrected chi connectivity index (χ2v) is 13.3. The number of nitrogens with zero attached hydrogens (tertiary/aromatic N) is 6. The van der Waals surface area contributed by atoms with Gasteiger partial charge in [0, 0.05) is 61.8 Å². The van der Waals surface area contributed by atoms with Crippen LogP contribution in [0, 0.1) is 5.92 Å². The number of ether oxygens (including phenoxy) is 1. The first-order valence-corrected chi connectivity index (χ1v) is 16.0. The van der Waals surface area contributed by atoms with E-state index < -0.39 is 10.0 Å². The lowest BCUT2D eigenvalue weighted by Gasteiger charge is -2.41. The van der Waals surface area contributed by atoms with E-state index in [-0.39, 0.29) is 12.0 Å². The first-order valence-electron chi connectivity index (χ1n) is 13.7. The van der Waals surface area contributed by atoms with Gasteiger partial charge in [-0.3, -0.25) is 4.68 Å². The fourth-order valence-corrected chi connectivity index (χ4v) is 6.00. The van der Waals surface area contributed by atoms with Gasteiger partial charge in [-0.05, 0) is 41.5 Å². The van der Waals surface area contributed by atoms with Crippen molar-refractivity contribution < 1.29 is 13.2 Å². The molecule has 11 nitrogen and oxygen atoms in total. The van der Waals surface area contributed by atoms with Gasteiger partial charge in [-0.15, -0.1) is 0 Å². The Labute approximate surface area is 244 Å². The highest BCUT2D eigenvalue weighted by Gasteiger charge is 2.29. The van der Waals surface area contributed by atoms with Crippen LogP contribution < -0.4 is 14.9 Å². The summed E-state index contributed by atoms with van der Waals surface area (Å²) in [6.07, 6.45) is 7.81. The van der Waals surface area contributed by atoms with Gasteiger partial charge in [-0.2, -0.15) is 5.10 Å². The van der Waals surface area contributed by atoms with Crippen LogP contribution in [-0.4, -0.2) is 71.8 Å². The van der Waals surface area contributed by atoms with Crippen LogP contribution in [0.2, 0.25) is 5.15 Å². The SMILES string of the molecule is CC(C)c1ccc(N2CC(CNS(C)(=O)=O)C2)c2cnc(Nc3ccnc(-c4cn(C[C@@H]5CCO5)nc4Cl)n3)cc12. The number of benzene rings is 1. The molecular formula is C28H33ClN8O3S. The summed E-state index contributed by atoms with van der Waals surface area (Å²) in [7, 11) is -3.19. The molecule has 13 heteroatoms. The maximum Gasteiger partial charge on any atom is 0.208 e. The van der Waals surface area contributed by atoms with Crippen LogP contribution in [0.15, 0.2) is 42.9 Å². The Kier molecular flexibility index (Phi) is 7.58. The molecule has 3 aromatic heterocycles. The fourth-order valence-electron chi connectivity index (χ4n) is 5.23. The van der Waals surface area contributed by atoms with Gasteiger partial charge in [0.2, 0.25) is 10.0 Å². The number of fused-ring (bicyclic) bond motifs is 1. The van der Waals surface area contributed by atoms with Crippen molar-refractivity contribution in [2.75, 3.05) is 42.7 Å². The van der Waals surface area contributed by atoms with E-state index in [0.717, 1.165) is 42.6 Å². The van der Waals surface area contributed by atoms with Crippen molar-refractivity contribution in [3.63, 3.8) is 0 Å². The van der Waals surface area contributed by atoms with E-state index in [9.17, 15) is 8.42 Å². The third kappa shape index (κ3) is 6.15. The minimum Gasteiger partial charge on any atom is -0.376 e. The maximum atomic E-state index is 11.5. The second-order valence-electron chi connectivity index (χ2n) is 11.1. The van der Waals surface area contributed by atoms with Crippen molar-refractivity contribution >= 4 is 49.7 Å². The van der Waals surface area contributed by atoms with E-state index in [0.29, 0.717) is 47.2 Å². The minimum atomic E-state index is -3.19. The molecule has 0 radical (unpaired) electrons. The molecule has 5 heterocycles. The average Bonchev–Trinajstić information content (AvgIpc) is 3.24. The zero-order valence-corrected chi connectivity index (χ0v) is 24.8. The molecule has 1 aromatic carbocycles. The zero-order valence-electron chi connectivity index (χ0n) is 23.2. The fraction of sp³-hybridized carbons (Fsp3) is 0.429. The van der Waals surface area contributed by atoms with E-state index in [1.54, 1.807) is 16.9 Å². The Hall–Kier alpha value is -3.32. The summed E-state index contributed by atoms with van der Waals surface area (Å²) in [5.41, 5.74) is 2.98. The average molecular weight is 597 g/mol. The van der Waals surface area contributed by atoms with Gasteiger partial charge in [0.1, 0.15) is 11.6 Å². The van der Waals surface area contributed by atoms with E-state index in [4.69, 9.17) is 21.3 Å². The second kappa shape index (κ2) is 11.2. The molecule has 6 rings (SSSR count). The molecule has 2 aliphatic rings. The van der Waals surface area contributed by atoms with Gasteiger partial charge in [-0.25, -0.2) is 28.1 Å². The van der Waals surface area contributed by atoms with Crippen molar-refractivity contribution in [1.29, 1.82) is 0 Å². The van der Waals surface area contributed by atoms with Gasteiger partial charge in [0.05, 0.1) is 24.5 Å². The van der Waals surface area contributed by atoms with Crippen molar-refractivity contribution in [1.82, 2.24) is 29.5 Å². The zero-order chi connectivity index (χ0) is 28.7. The van der Waals surface area contributed by atoms with E-state index in [2.05, 4.69) is 62.1 Å². The molecule has 4 aromatic rings. The predicted molar refractivity (Wildman–Crippen MR) is 160 cm³/mol. The van der Waals surface area contributed by atoms with Crippen LogP contribution in [0.25, 0.3) is 22.2 Å². The van der Waals surface area contributed by atoms with Crippen LogP contribution in [0.4, 0.5) is 17.3 Å². The number of pyridine rings is 1. The molecule has 0 saturated carbocycles. The Morgan fingerprint density at radius 1 is 1.15 bits per heavy atom. The summed E-state index contributed by atoms with van der Waals surface area (Å²) >= 11 is 6.43. The van der Waals surface area contributed by atoms with E-state index >= 15 is 0 Å². The van der Waals surface area contributed by atoms with Crippen molar-refractivity contribution in [3.05, 3.63) is 53.6 Å². The largest absolute Gasteiger partial charge is 0.376 e. The lowest BCUT2D eigenvalue weighted by molar-refractivity contribution is -0.0608. The van der Waals surface area contributed by atoms with E-state index in [1.807, 2.05) is 12.4 Å². The molecule has 41 heavy (non-hydrogen) atoms. The number of sulfonamides is 1. The van der Waals surface area contributed by atoms with Gasteiger partial charge in [0.25, 0.3) is 0 Å². The quantitative estimate of drug-likeness (QED) is 0.277. The van der Waals surface area contributed by atoms with Gasteiger partial charge >= 0.3 is 0 Å².